The van der Waals surface area contributed by atoms with Gasteiger partial charge in [-0.3, -0.25) is 0 Å². The number of aliphatic carboxylic acids is 1. The predicted octanol–water partition coefficient (Wildman–Crippen LogP) is -3.23. The summed E-state index contributed by atoms with van der Waals surface area (Å²) in [5.74, 6) is -1.65. The summed E-state index contributed by atoms with van der Waals surface area (Å²) in [7, 11) is 0. The van der Waals surface area contributed by atoms with Gasteiger partial charge in [-0.1, -0.05) is 0 Å². The Hall–Kier alpha value is 0.946. The van der Waals surface area contributed by atoms with Gasteiger partial charge in [0.25, 0.3) is 0 Å². The minimum atomic E-state index is -2.07. The Bertz CT molecular complexity index is 140. The van der Waals surface area contributed by atoms with Gasteiger partial charge in [0.2, 0.25) is 0 Å². The van der Waals surface area contributed by atoms with Crippen LogP contribution in [0.1, 0.15) is 0 Å². The van der Waals surface area contributed by atoms with Crippen LogP contribution in [0.25, 0.3) is 0 Å². The van der Waals surface area contributed by atoms with Crippen molar-refractivity contribution in [3.63, 3.8) is 0 Å². The van der Waals surface area contributed by atoms with Crippen LogP contribution in [0.2, 0.25) is 0 Å². The quantitative estimate of drug-likeness (QED) is 0.308. The van der Waals surface area contributed by atoms with Crippen molar-refractivity contribution in [2.24, 2.45) is 0 Å². The number of carboxylic acids is 1. The third kappa shape index (κ3) is 4.85. The fraction of sp³-hybridized carbons (Fsp3) is 0.800. The van der Waals surface area contributed by atoms with Gasteiger partial charge in [0, 0.05) is 51.4 Å². The molecule has 67 valence electrons. The van der Waals surface area contributed by atoms with Crippen molar-refractivity contribution >= 4 is 57.4 Å². The predicted molar refractivity (Wildman–Crippen MR) is 38.5 cm³/mol. The molecule has 0 unspecified atom stereocenters. The van der Waals surface area contributed by atoms with E-state index < -0.39 is 30.9 Å². The van der Waals surface area contributed by atoms with E-state index >= 15 is 0 Å². The van der Waals surface area contributed by atoms with Crippen molar-refractivity contribution in [2.45, 2.75) is 18.3 Å². The summed E-state index contributed by atoms with van der Waals surface area (Å²) in [6, 6.07) is 0. The van der Waals surface area contributed by atoms with Gasteiger partial charge >= 0.3 is 5.97 Å². The van der Waals surface area contributed by atoms with Crippen LogP contribution >= 0.6 is 0 Å². The first kappa shape index (κ1) is 15.4. The molecular formula is C5H10KO6. The molecular weight excluding hydrogens is 195 g/mol. The largest absolute Gasteiger partial charge is 0.479 e. The summed E-state index contributed by atoms with van der Waals surface area (Å²) < 4.78 is 0. The summed E-state index contributed by atoms with van der Waals surface area (Å²) in [5, 5.41) is 42.2. The van der Waals surface area contributed by atoms with E-state index in [9.17, 15) is 4.79 Å². The second kappa shape index (κ2) is 7.36. The number of hydrogen-bond acceptors (Lipinski definition) is 5. The van der Waals surface area contributed by atoms with E-state index in [1.807, 2.05) is 0 Å². The van der Waals surface area contributed by atoms with Crippen LogP contribution in [-0.2, 0) is 4.79 Å². The van der Waals surface area contributed by atoms with Gasteiger partial charge in [0.15, 0.2) is 6.10 Å². The minimum Gasteiger partial charge on any atom is -0.479 e. The van der Waals surface area contributed by atoms with Crippen LogP contribution < -0.4 is 0 Å². The Kier molecular flexibility index (Phi) is 9.46. The Morgan fingerprint density at radius 1 is 1.25 bits per heavy atom. The number of hydrogen-bond donors (Lipinski definition) is 5. The summed E-state index contributed by atoms with van der Waals surface area (Å²) in [4.78, 5) is 9.96. The molecule has 0 bridgehead atoms. The van der Waals surface area contributed by atoms with Crippen LogP contribution in [0.15, 0.2) is 0 Å². The molecule has 0 aromatic heterocycles. The number of rotatable bonds is 4. The Balaban J connectivity index is 0. The van der Waals surface area contributed by atoms with E-state index in [0.29, 0.717) is 0 Å². The topological polar surface area (TPSA) is 118 Å². The summed E-state index contributed by atoms with van der Waals surface area (Å²) >= 11 is 0. The van der Waals surface area contributed by atoms with Gasteiger partial charge in [-0.2, -0.15) is 0 Å². The zero-order valence-corrected chi connectivity index (χ0v) is 9.71. The van der Waals surface area contributed by atoms with Gasteiger partial charge in [-0.25, -0.2) is 4.79 Å². The fourth-order valence-corrected chi connectivity index (χ4v) is 0.465. The smallest absolute Gasteiger partial charge is 0.335 e. The first-order chi connectivity index (χ1) is 5.00. The number of aliphatic hydroxyl groups is 4. The molecule has 0 aromatic rings. The zero-order chi connectivity index (χ0) is 9.02. The van der Waals surface area contributed by atoms with Crippen molar-refractivity contribution in [2.75, 3.05) is 6.61 Å². The molecule has 0 spiro atoms. The first-order valence-corrected chi connectivity index (χ1v) is 2.88. The van der Waals surface area contributed by atoms with E-state index in [-0.39, 0.29) is 51.4 Å². The second-order valence-electron chi connectivity index (χ2n) is 2.02. The maximum absolute atomic E-state index is 9.96. The molecule has 1 radical (unpaired) electrons. The van der Waals surface area contributed by atoms with E-state index in [4.69, 9.17) is 25.5 Å². The van der Waals surface area contributed by atoms with Crippen molar-refractivity contribution in [1.82, 2.24) is 0 Å². The number of aliphatic hydroxyl groups excluding tert-OH is 4. The molecule has 0 heterocycles. The summed E-state index contributed by atoms with van der Waals surface area (Å²) in [6.45, 7) is -0.800. The average Bonchev–Trinajstić information content (AvgIpc) is 2.00. The monoisotopic (exact) mass is 205 g/mol. The van der Waals surface area contributed by atoms with Crippen molar-refractivity contribution < 1.29 is 30.3 Å². The zero-order valence-electron chi connectivity index (χ0n) is 6.58. The SMILES string of the molecule is O=C(O)[C@@H](O)[C@H](O)[C@H](O)CO.[K]. The Morgan fingerprint density at radius 3 is 1.92 bits per heavy atom. The van der Waals surface area contributed by atoms with Crippen molar-refractivity contribution in [1.29, 1.82) is 0 Å². The summed E-state index contributed by atoms with van der Waals surface area (Å²) in [5.41, 5.74) is 0. The third-order valence-electron chi connectivity index (χ3n) is 1.16. The molecule has 12 heavy (non-hydrogen) atoms. The molecule has 0 aromatic carbocycles. The maximum Gasteiger partial charge on any atom is 0.335 e. The molecule has 7 heteroatoms. The van der Waals surface area contributed by atoms with Crippen LogP contribution in [0.3, 0.4) is 0 Å². The molecule has 0 amide bonds. The first-order valence-electron chi connectivity index (χ1n) is 2.88. The van der Waals surface area contributed by atoms with Crippen LogP contribution in [0.4, 0.5) is 0 Å². The standard InChI is InChI=1S/C5H10O6.K/c6-1-2(7)3(8)4(9)5(10)11;/h2-4,6-9H,1H2,(H,10,11);/t2-,3-,4+;/m1./s1. The third-order valence-corrected chi connectivity index (χ3v) is 1.16. The van der Waals surface area contributed by atoms with Gasteiger partial charge in [-0.05, 0) is 0 Å². The Labute approximate surface area is 111 Å². The molecule has 0 saturated heterocycles. The molecule has 5 N–H and O–H groups in total. The van der Waals surface area contributed by atoms with Crippen LogP contribution in [0.5, 0.6) is 0 Å². The molecule has 0 aliphatic carbocycles. The fourth-order valence-electron chi connectivity index (χ4n) is 0.465. The summed E-state index contributed by atoms with van der Waals surface area (Å²) in [6.07, 6.45) is -5.57. The van der Waals surface area contributed by atoms with Gasteiger partial charge in [-0.15, -0.1) is 0 Å². The molecule has 0 rings (SSSR count). The molecule has 3 atom stereocenters. The van der Waals surface area contributed by atoms with E-state index in [2.05, 4.69) is 0 Å². The molecule has 0 fully saturated rings. The Morgan fingerprint density at radius 2 is 1.67 bits per heavy atom. The minimum absolute atomic E-state index is 0. The van der Waals surface area contributed by atoms with Crippen LogP contribution in [0, 0.1) is 0 Å². The van der Waals surface area contributed by atoms with Gasteiger partial charge in [0.05, 0.1) is 6.61 Å². The van der Waals surface area contributed by atoms with Gasteiger partial charge in [0.1, 0.15) is 12.2 Å². The number of carbonyl (C=O) groups is 1. The molecule has 0 aliphatic heterocycles. The normalized spacial score (nSPS) is 17.3. The van der Waals surface area contributed by atoms with Crippen molar-refractivity contribution in [3.8, 4) is 0 Å². The second-order valence-corrected chi connectivity index (χ2v) is 2.02. The molecule has 0 aliphatic rings. The number of carboxylic acid groups (broad SMARTS) is 1. The van der Waals surface area contributed by atoms with E-state index in [1.165, 1.54) is 0 Å². The average molecular weight is 205 g/mol. The van der Waals surface area contributed by atoms with E-state index in [0.717, 1.165) is 0 Å². The van der Waals surface area contributed by atoms with E-state index in [1.54, 1.807) is 0 Å². The van der Waals surface area contributed by atoms with Gasteiger partial charge < -0.3 is 25.5 Å². The van der Waals surface area contributed by atoms with Crippen LogP contribution in [-0.4, -0.2) is 108 Å². The van der Waals surface area contributed by atoms with Crippen molar-refractivity contribution in [3.05, 3.63) is 0 Å². The molecule has 6 nitrogen and oxygen atoms in total. The molecule has 0 saturated carbocycles. The maximum atomic E-state index is 9.96.